The molecule has 18 atom stereocenters. The van der Waals surface area contributed by atoms with Gasteiger partial charge in [0, 0.05) is 25.7 Å². The van der Waals surface area contributed by atoms with Crippen LogP contribution < -0.4 is 0 Å². The van der Waals surface area contributed by atoms with Crippen molar-refractivity contribution >= 4 is 23.9 Å². The number of ether oxygens (including phenoxy) is 10. The summed E-state index contributed by atoms with van der Waals surface area (Å²) >= 11 is 0. The number of hydrogen-bond donors (Lipinski definition) is 8. The SMILES string of the molecule is CC(=O)OCC1=C[C@@H]2OC(=O)C3=CO[C@H](O[C@H]4O[C@@H](COC(=O)C5=CO[C@H](O[C@H]6O[C@@H](CO)[C@H](O)[C@@H](O)[C@@H]6O)[C@H]6C(COC(C)=O)=C[C@H](O)[C@@H]56)[C@H](O)[C@@H](O)[C@@H]4O)[C@@H]1[C@H]32. The molecule has 58 heavy (non-hydrogen) atoms. The molecule has 22 nitrogen and oxygen atoms in total. The third-order valence-corrected chi connectivity index (χ3v) is 11.1. The molecule has 0 saturated carbocycles. The quantitative estimate of drug-likeness (QED) is 0.0521. The van der Waals surface area contributed by atoms with Crippen LogP contribution in [0, 0.1) is 23.7 Å². The molecule has 8 N–H and O–H groups in total. The van der Waals surface area contributed by atoms with Gasteiger partial charge in [-0.2, -0.15) is 0 Å². The standard InChI is InChI=1S/C36H44O22/c1-11(38)49-6-13-3-17(40)23-15(8-52-33(21(13)23)57-35-29(45)27(43)25(41)19(5-37)55-35)31(47)51-10-20-26(42)28(44)30(46)36(56-20)58-34-22-14(7-50-12(2)39)4-18-24(22)16(9-53-34)32(48)54-18/h3-4,8-9,17-30,33-37,40-46H,5-7,10H2,1-2H3/t17-,18-,19-,20-,21-,22-,23+,24+,25-,26-,27+,28+,29-,30-,33+,34+,35+,36+/m0/s1. The van der Waals surface area contributed by atoms with Gasteiger partial charge in [0.1, 0.15) is 74.8 Å². The first-order chi connectivity index (χ1) is 27.6. The fraction of sp³-hybridized carbons (Fsp3) is 0.667. The minimum atomic E-state index is -1.90. The molecule has 0 amide bonds. The van der Waals surface area contributed by atoms with Gasteiger partial charge in [-0.25, -0.2) is 9.59 Å². The molecule has 3 fully saturated rings. The molecule has 0 aromatic rings. The summed E-state index contributed by atoms with van der Waals surface area (Å²) in [5.74, 6) is -6.62. The number of carbonyl (C=O) groups is 4. The van der Waals surface area contributed by atoms with Crippen molar-refractivity contribution in [2.75, 3.05) is 26.4 Å². The maximum absolute atomic E-state index is 13.7. The predicted molar refractivity (Wildman–Crippen MR) is 179 cm³/mol. The van der Waals surface area contributed by atoms with Crippen molar-refractivity contribution in [3.05, 3.63) is 47.0 Å². The molecule has 0 aromatic carbocycles. The summed E-state index contributed by atoms with van der Waals surface area (Å²) in [7, 11) is 0. The Kier molecular flexibility index (Phi) is 12.3. The van der Waals surface area contributed by atoms with Crippen LogP contribution in [0.3, 0.4) is 0 Å². The van der Waals surface area contributed by atoms with E-state index in [-0.39, 0.29) is 29.9 Å². The molecule has 7 aliphatic rings. The third kappa shape index (κ3) is 7.87. The number of carbonyl (C=O) groups excluding carboxylic acids is 4. The van der Waals surface area contributed by atoms with E-state index in [2.05, 4.69) is 0 Å². The van der Waals surface area contributed by atoms with E-state index in [1.54, 1.807) is 6.08 Å². The van der Waals surface area contributed by atoms with Gasteiger partial charge >= 0.3 is 23.9 Å². The van der Waals surface area contributed by atoms with E-state index in [1.807, 2.05) is 0 Å². The first kappa shape index (κ1) is 42.1. The highest BCUT2D eigenvalue weighted by atomic mass is 16.8. The van der Waals surface area contributed by atoms with Gasteiger partial charge in [-0.3, -0.25) is 9.59 Å². The summed E-state index contributed by atoms with van der Waals surface area (Å²) in [6.07, 6.45) is -17.1. The minimum absolute atomic E-state index is 0.188. The molecular formula is C36H44O22. The van der Waals surface area contributed by atoms with Crippen molar-refractivity contribution in [1.82, 2.24) is 0 Å². The third-order valence-electron chi connectivity index (χ3n) is 11.1. The van der Waals surface area contributed by atoms with Crippen LogP contribution >= 0.6 is 0 Å². The fourth-order valence-corrected chi connectivity index (χ4v) is 8.19. The average molecular weight is 829 g/mol. The molecule has 5 aliphatic heterocycles. The Morgan fingerprint density at radius 3 is 1.76 bits per heavy atom. The Labute approximate surface area is 328 Å². The summed E-state index contributed by atoms with van der Waals surface area (Å²) < 4.78 is 55.6. The zero-order valence-corrected chi connectivity index (χ0v) is 30.8. The van der Waals surface area contributed by atoms with Crippen LogP contribution in [0.15, 0.2) is 47.0 Å². The van der Waals surface area contributed by atoms with Gasteiger partial charge in [0.05, 0.1) is 48.2 Å². The van der Waals surface area contributed by atoms with Crippen molar-refractivity contribution in [2.45, 2.75) is 100 Å². The number of rotatable bonds is 12. The Hall–Kier alpha value is -4.04. The highest BCUT2D eigenvalue weighted by molar-refractivity contribution is 5.92. The van der Waals surface area contributed by atoms with Crippen molar-refractivity contribution in [2.24, 2.45) is 23.7 Å². The number of aliphatic hydroxyl groups excluding tert-OH is 8. The lowest BCUT2D eigenvalue weighted by Gasteiger charge is -2.43. The lowest BCUT2D eigenvalue weighted by atomic mass is 9.82. The average Bonchev–Trinajstić information content (AvgIpc) is 3.84. The molecule has 0 bridgehead atoms. The summed E-state index contributed by atoms with van der Waals surface area (Å²) in [5.41, 5.74) is 0.661. The molecule has 0 aromatic heterocycles. The van der Waals surface area contributed by atoms with Crippen molar-refractivity contribution in [1.29, 1.82) is 0 Å². The van der Waals surface area contributed by atoms with E-state index in [1.165, 1.54) is 13.0 Å². The monoisotopic (exact) mass is 828 g/mol. The number of esters is 4. The second kappa shape index (κ2) is 16.9. The molecule has 3 saturated heterocycles. The van der Waals surface area contributed by atoms with Crippen LogP contribution in [0.25, 0.3) is 0 Å². The Morgan fingerprint density at radius 2 is 1.17 bits per heavy atom. The lowest BCUT2D eigenvalue weighted by molar-refractivity contribution is -0.340. The van der Waals surface area contributed by atoms with Gasteiger partial charge in [0.25, 0.3) is 0 Å². The largest absolute Gasteiger partial charge is 0.471 e. The van der Waals surface area contributed by atoms with Crippen LogP contribution in [0.2, 0.25) is 0 Å². The summed E-state index contributed by atoms with van der Waals surface area (Å²) in [6, 6.07) is 0. The van der Waals surface area contributed by atoms with E-state index in [0.29, 0.717) is 5.57 Å². The van der Waals surface area contributed by atoms with E-state index in [9.17, 15) is 60.0 Å². The van der Waals surface area contributed by atoms with Gasteiger partial charge < -0.3 is 88.2 Å². The topological polar surface area (TPSA) is 322 Å². The van der Waals surface area contributed by atoms with Gasteiger partial charge in [-0.05, 0) is 17.2 Å². The van der Waals surface area contributed by atoms with Crippen LogP contribution in [0.4, 0.5) is 0 Å². The Bertz CT molecular complexity index is 1740. The van der Waals surface area contributed by atoms with Gasteiger partial charge in [0.15, 0.2) is 12.6 Å². The van der Waals surface area contributed by atoms with Crippen molar-refractivity contribution in [3.63, 3.8) is 0 Å². The second-order valence-corrected chi connectivity index (χ2v) is 14.7. The maximum atomic E-state index is 13.7. The highest BCUT2D eigenvalue weighted by Crippen LogP contribution is 2.49. The fourth-order valence-electron chi connectivity index (χ4n) is 8.19. The summed E-state index contributed by atoms with van der Waals surface area (Å²) in [5, 5.41) is 84.2. The van der Waals surface area contributed by atoms with Crippen molar-refractivity contribution < 1.29 is 107 Å². The van der Waals surface area contributed by atoms with Gasteiger partial charge in [-0.1, -0.05) is 6.08 Å². The zero-order valence-electron chi connectivity index (χ0n) is 30.8. The lowest BCUT2D eigenvalue weighted by Crippen LogP contribution is -2.60. The molecule has 22 heteroatoms. The molecule has 0 spiro atoms. The highest BCUT2D eigenvalue weighted by Gasteiger charge is 2.57. The van der Waals surface area contributed by atoms with Crippen LogP contribution in [0.1, 0.15) is 13.8 Å². The van der Waals surface area contributed by atoms with Crippen LogP contribution in [0.5, 0.6) is 0 Å². The molecule has 320 valence electrons. The number of fused-ring (bicyclic) bond motifs is 1. The Morgan fingerprint density at radius 1 is 0.638 bits per heavy atom. The molecule has 2 aliphatic carbocycles. The first-order valence-corrected chi connectivity index (χ1v) is 18.4. The molecule has 0 unspecified atom stereocenters. The van der Waals surface area contributed by atoms with E-state index >= 15 is 0 Å². The number of hydrogen-bond acceptors (Lipinski definition) is 22. The maximum Gasteiger partial charge on any atom is 0.338 e. The van der Waals surface area contributed by atoms with E-state index in [4.69, 9.17) is 47.4 Å². The first-order valence-electron chi connectivity index (χ1n) is 18.4. The normalized spacial score (nSPS) is 42.6. The van der Waals surface area contributed by atoms with E-state index in [0.717, 1.165) is 19.4 Å². The second-order valence-electron chi connectivity index (χ2n) is 14.7. The van der Waals surface area contributed by atoms with Gasteiger partial charge in [-0.15, -0.1) is 0 Å². The van der Waals surface area contributed by atoms with Crippen LogP contribution in [-0.2, 0) is 66.5 Å². The zero-order chi connectivity index (χ0) is 41.7. The minimum Gasteiger partial charge on any atom is -0.471 e. The summed E-state index contributed by atoms with van der Waals surface area (Å²) in [4.78, 5) is 49.3. The smallest absolute Gasteiger partial charge is 0.338 e. The van der Waals surface area contributed by atoms with Crippen LogP contribution in [-0.4, -0.2) is 177 Å². The predicted octanol–water partition coefficient (Wildman–Crippen LogP) is -4.59. The van der Waals surface area contributed by atoms with E-state index < -0.39 is 147 Å². The van der Waals surface area contributed by atoms with Crippen molar-refractivity contribution in [3.8, 4) is 0 Å². The summed E-state index contributed by atoms with van der Waals surface area (Å²) in [6.45, 7) is 0.280. The number of aliphatic hydroxyl groups is 8. The van der Waals surface area contributed by atoms with Gasteiger partial charge in [0.2, 0.25) is 12.6 Å². The molecule has 7 rings (SSSR count). The molecule has 0 radical (unpaired) electrons. The molecular weight excluding hydrogens is 784 g/mol. The molecule has 5 heterocycles. The Balaban J connectivity index is 1.05.